The van der Waals surface area contributed by atoms with Crippen LogP contribution in [0.5, 0.6) is 0 Å². The lowest BCUT2D eigenvalue weighted by atomic mass is 10.1. The number of carbonyl (C=O) groups excluding carboxylic acids is 1. The quantitative estimate of drug-likeness (QED) is 0.722. The molecule has 0 spiro atoms. The van der Waals surface area contributed by atoms with Crippen LogP contribution < -0.4 is 10.6 Å². The third-order valence-corrected chi connectivity index (χ3v) is 3.86. The molecule has 1 atom stereocenters. The Morgan fingerprint density at radius 1 is 1.10 bits per heavy atom. The molecule has 3 rings (SSSR count). The Balaban J connectivity index is 1.64. The second kappa shape index (κ2) is 5.59. The van der Waals surface area contributed by atoms with Crippen LogP contribution in [0.3, 0.4) is 0 Å². The zero-order valence-electron chi connectivity index (χ0n) is 11.0. The maximum absolute atomic E-state index is 12.0. The number of hydrogen-bond acceptors (Lipinski definition) is 2. The molecule has 2 aromatic carbocycles. The maximum Gasteiger partial charge on any atom is 0.319 e. The minimum Gasteiger partial charge on any atom is -0.331 e. The Labute approximate surface area is 123 Å². The lowest BCUT2D eigenvalue weighted by Crippen LogP contribution is -2.31. The maximum atomic E-state index is 12.0. The van der Waals surface area contributed by atoms with Crippen molar-refractivity contribution in [3.05, 3.63) is 59.7 Å². The highest BCUT2D eigenvalue weighted by Gasteiger charge is 2.23. The van der Waals surface area contributed by atoms with Gasteiger partial charge in [-0.3, -0.25) is 0 Å². The van der Waals surface area contributed by atoms with Crippen LogP contribution in [0.4, 0.5) is 10.5 Å². The van der Waals surface area contributed by atoms with Crippen LogP contribution in [0.1, 0.15) is 23.6 Å². The van der Waals surface area contributed by atoms with E-state index in [0.29, 0.717) is 0 Å². The molecule has 20 heavy (non-hydrogen) atoms. The van der Waals surface area contributed by atoms with Gasteiger partial charge in [0.15, 0.2) is 0 Å². The normalized spacial score (nSPS) is 16.6. The van der Waals surface area contributed by atoms with Crippen molar-refractivity contribution >= 4 is 24.3 Å². The van der Waals surface area contributed by atoms with Crippen molar-refractivity contribution in [2.45, 2.75) is 23.8 Å². The smallest absolute Gasteiger partial charge is 0.319 e. The number of hydrogen-bond donors (Lipinski definition) is 3. The number of fused-ring (bicyclic) bond motifs is 1. The number of thiol groups is 1. The van der Waals surface area contributed by atoms with Gasteiger partial charge in [-0.1, -0.05) is 24.3 Å². The summed E-state index contributed by atoms with van der Waals surface area (Å²) in [5.74, 6) is 0. The van der Waals surface area contributed by atoms with Gasteiger partial charge in [0.1, 0.15) is 0 Å². The number of aryl methyl sites for hydroxylation is 1. The first-order valence-electron chi connectivity index (χ1n) is 6.67. The summed E-state index contributed by atoms with van der Waals surface area (Å²) in [6.07, 6.45) is 1.98. The van der Waals surface area contributed by atoms with E-state index in [-0.39, 0.29) is 12.1 Å². The van der Waals surface area contributed by atoms with E-state index in [1.807, 2.05) is 36.4 Å². The minimum atomic E-state index is -0.168. The monoisotopic (exact) mass is 284 g/mol. The Morgan fingerprint density at radius 3 is 2.65 bits per heavy atom. The van der Waals surface area contributed by atoms with Crippen LogP contribution in [0.15, 0.2) is 53.4 Å². The van der Waals surface area contributed by atoms with E-state index in [0.717, 1.165) is 23.4 Å². The average Bonchev–Trinajstić information content (AvgIpc) is 2.85. The molecule has 0 saturated carbocycles. The summed E-state index contributed by atoms with van der Waals surface area (Å²) in [6.45, 7) is 0. The number of urea groups is 1. The molecule has 1 aliphatic rings. The van der Waals surface area contributed by atoms with Crippen molar-refractivity contribution in [2.75, 3.05) is 5.32 Å². The highest BCUT2D eigenvalue weighted by atomic mass is 32.1. The molecule has 4 heteroatoms. The topological polar surface area (TPSA) is 41.1 Å². The van der Waals surface area contributed by atoms with Crippen LogP contribution in [-0.2, 0) is 6.42 Å². The lowest BCUT2D eigenvalue weighted by molar-refractivity contribution is 0.248. The largest absolute Gasteiger partial charge is 0.331 e. The summed E-state index contributed by atoms with van der Waals surface area (Å²) in [5.41, 5.74) is 3.33. The molecular weight excluding hydrogens is 268 g/mol. The van der Waals surface area contributed by atoms with Gasteiger partial charge in [-0.25, -0.2) is 4.79 Å². The van der Waals surface area contributed by atoms with Gasteiger partial charge in [-0.2, -0.15) is 0 Å². The molecule has 0 aliphatic heterocycles. The van der Waals surface area contributed by atoms with Gasteiger partial charge in [0.05, 0.1) is 6.04 Å². The number of anilines is 1. The van der Waals surface area contributed by atoms with Crippen LogP contribution in [0.25, 0.3) is 0 Å². The van der Waals surface area contributed by atoms with Crippen LogP contribution >= 0.6 is 12.6 Å². The first-order chi connectivity index (χ1) is 9.72. The molecule has 0 saturated heterocycles. The second-order valence-electron chi connectivity index (χ2n) is 4.94. The van der Waals surface area contributed by atoms with Crippen molar-refractivity contribution in [2.24, 2.45) is 0 Å². The molecule has 3 nitrogen and oxygen atoms in total. The van der Waals surface area contributed by atoms with Crippen molar-refractivity contribution in [1.29, 1.82) is 0 Å². The second-order valence-corrected chi connectivity index (χ2v) is 5.45. The lowest BCUT2D eigenvalue weighted by Gasteiger charge is -2.15. The van der Waals surface area contributed by atoms with Gasteiger partial charge in [-0.05, 0) is 48.2 Å². The standard InChI is InChI=1S/C16H16N2OS/c19-16(17-12-6-8-13(20)9-7-12)18-15-10-5-11-3-1-2-4-14(11)15/h1-4,6-9,15,20H,5,10H2,(H2,17,18,19). The number of benzene rings is 2. The third-order valence-electron chi connectivity index (χ3n) is 3.56. The molecule has 0 aromatic heterocycles. The first-order valence-corrected chi connectivity index (χ1v) is 7.11. The predicted octanol–water partition coefficient (Wildman–Crippen LogP) is 3.78. The summed E-state index contributed by atoms with van der Waals surface area (Å²) < 4.78 is 0. The third kappa shape index (κ3) is 2.80. The Bertz CT molecular complexity index is 625. The molecular formula is C16H16N2OS. The van der Waals surface area contributed by atoms with Gasteiger partial charge in [-0.15, -0.1) is 12.6 Å². The van der Waals surface area contributed by atoms with E-state index < -0.39 is 0 Å². The van der Waals surface area contributed by atoms with Crippen LogP contribution in [-0.4, -0.2) is 6.03 Å². The zero-order chi connectivity index (χ0) is 13.9. The van der Waals surface area contributed by atoms with Crippen LogP contribution in [0, 0.1) is 0 Å². The van der Waals surface area contributed by atoms with E-state index in [9.17, 15) is 4.79 Å². The Kier molecular flexibility index (Phi) is 3.65. The molecule has 0 fully saturated rings. The molecule has 2 N–H and O–H groups in total. The van der Waals surface area contributed by atoms with Crippen molar-refractivity contribution in [3.8, 4) is 0 Å². The number of rotatable bonds is 2. The number of nitrogens with one attached hydrogen (secondary N) is 2. The molecule has 1 aliphatic carbocycles. The number of amides is 2. The van der Waals surface area contributed by atoms with E-state index in [1.54, 1.807) is 0 Å². The molecule has 2 amide bonds. The van der Waals surface area contributed by atoms with Gasteiger partial charge < -0.3 is 10.6 Å². The highest BCUT2D eigenvalue weighted by molar-refractivity contribution is 7.80. The summed E-state index contributed by atoms with van der Waals surface area (Å²) in [7, 11) is 0. The zero-order valence-corrected chi connectivity index (χ0v) is 11.9. The molecule has 0 radical (unpaired) electrons. The van der Waals surface area contributed by atoms with E-state index in [1.165, 1.54) is 11.1 Å². The first kappa shape index (κ1) is 13.1. The summed E-state index contributed by atoms with van der Waals surface area (Å²) in [6, 6.07) is 15.6. The van der Waals surface area contributed by atoms with Gasteiger partial charge in [0.25, 0.3) is 0 Å². The fourth-order valence-electron chi connectivity index (χ4n) is 2.58. The summed E-state index contributed by atoms with van der Waals surface area (Å²) >= 11 is 4.22. The van der Waals surface area contributed by atoms with Gasteiger partial charge in [0, 0.05) is 10.6 Å². The van der Waals surface area contributed by atoms with Crippen molar-refractivity contribution in [1.82, 2.24) is 5.32 Å². The van der Waals surface area contributed by atoms with Gasteiger partial charge >= 0.3 is 6.03 Å². The van der Waals surface area contributed by atoms with Gasteiger partial charge in [0.2, 0.25) is 0 Å². The van der Waals surface area contributed by atoms with Crippen molar-refractivity contribution in [3.63, 3.8) is 0 Å². The van der Waals surface area contributed by atoms with E-state index >= 15 is 0 Å². The van der Waals surface area contributed by atoms with E-state index in [2.05, 4.69) is 35.4 Å². The molecule has 1 unspecified atom stereocenters. The van der Waals surface area contributed by atoms with E-state index in [4.69, 9.17) is 0 Å². The van der Waals surface area contributed by atoms with Crippen molar-refractivity contribution < 1.29 is 4.79 Å². The summed E-state index contributed by atoms with van der Waals surface area (Å²) in [5, 5.41) is 5.87. The minimum absolute atomic E-state index is 0.107. The fourth-order valence-corrected chi connectivity index (χ4v) is 2.73. The summed E-state index contributed by atoms with van der Waals surface area (Å²) in [4.78, 5) is 12.9. The number of carbonyl (C=O) groups is 1. The molecule has 0 bridgehead atoms. The SMILES string of the molecule is O=C(Nc1ccc(S)cc1)NC1CCc2ccccc21. The highest BCUT2D eigenvalue weighted by Crippen LogP contribution is 2.30. The predicted molar refractivity (Wildman–Crippen MR) is 83.4 cm³/mol. The average molecular weight is 284 g/mol. The molecule has 102 valence electrons. The van der Waals surface area contributed by atoms with Crippen LogP contribution in [0.2, 0.25) is 0 Å². The Morgan fingerprint density at radius 2 is 1.85 bits per heavy atom. The Hall–Kier alpha value is -1.94. The molecule has 0 heterocycles. The molecule has 2 aromatic rings. The fraction of sp³-hybridized carbons (Fsp3) is 0.188.